The second-order valence-corrected chi connectivity index (χ2v) is 5.48. The summed E-state index contributed by atoms with van der Waals surface area (Å²) in [5, 5.41) is 2.69. The number of halogens is 1. The van der Waals surface area contributed by atoms with Crippen molar-refractivity contribution < 1.29 is 23.5 Å². The largest absolute Gasteiger partial charge is 0.494 e. The molecule has 0 spiro atoms. The highest BCUT2D eigenvalue weighted by molar-refractivity contribution is 5.93. The molecule has 1 aromatic heterocycles. The molecular formula is C18H21FN2O4. The van der Waals surface area contributed by atoms with Crippen molar-refractivity contribution in [3.63, 3.8) is 0 Å². The Hall–Kier alpha value is -2.83. The zero-order valence-corrected chi connectivity index (χ0v) is 14.7. The smallest absolute Gasteiger partial charge is 0.339 e. The van der Waals surface area contributed by atoms with E-state index in [4.69, 9.17) is 9.47 Å². The first-order chi connectivity index (χ1) is 11.9. The Bertz CT molecular complexity index is 799. The van der Waals surface area contributed by atoms with Gasteiger partial charge in [-0.05, 0) is 39.0 Å². The van der Waals surface area contributed by atoms with Gasteiger partial charge in [0, 0.05) is 17.5 Å². The Kier molecular flexibility index (Phi) is 5.80. The van der Waals surface area contributed by atoms with Crippen LogP contribution in [0.3, 0.4) is 0 Å². The van der Waals surface area contributed by atoms with Gasteiger partial charge >= 0.3 is 5.97 Å². The Labute approximate surface area is 145 Å². The normalized spacial score (nSPS) is 10.4. The number of hydrogen-bond donors (Lipinski definition) is 1. The molecule has 1 N–H and O–H groups in total. The molecule has 0 bridgehead atoms. The number of benzene rings is 1. The maximum absolute atomic E-state index is 13.2. The minimum Gasteiger partial charge on any atom is -0.494 e. The number of nitrogens with one attached hydrogen (secondary N) is 1. The monoisotopic (exact) mass is 348 g/mol. The molecule has 2 rings (SSSR count). The van der Waals surface area contributed by atoms with Gasteiger partial charge in [0.05, 0.1) is 25.0 Å². The number of hydrogen-bond acceptors (Lipinski definition) is 4. The number of ether oxygens (including phenoxy) is 2. The molecule has 7 heteroatoms. The second kappa shape index (κ2) is 7.83. The van der Waals surface area contributed by atoms with Crippen LogP contribution in [0.15, 0.2) is 24.3 Å². The molecule has 2 aromatic rings. The SMILES string of the molecule is CCOC(=O)c1cc(C)n(CC(=O)Nc2ccc(F)cc2OC)c1C. The predicted octanol–water partition coefficient (Wildman–Crippen LogP) is 3.07. The number of esters is 1. The number of nitrogens with zero attached hydrogens (tertiary/aromatic N) is 1. The molecule has 1 aromatic carbocycles. The van der Waals surface area contributed by atoms with Crippen molar-refractivity contribution >= 4 is 17.6 Å². The van der Waals surface area contributed by atoms with Crippen LogP contribution in [0.5, 0.6) is 5.75 Å². The summed E-state index contributed by atoms with van der Waals surface area (Å²) in [4.78, 5) is 24.3. The number of aryl methyl sites for hydroxylation is 1. The van der Waals surface area contributed by atoms with Crippen LogP contribution in [0, 0.1) is 19.7 Å². The van der Waals surface area contributed by atoms with Gasteiger partial charge in [0.15, 0.2) is 0 Å². The highest BCUT2D eigenvalue weighted by Crippen LogP contribution is 2.25. The molecule has 6 nitrogen and oxygen atoms in total. The van der Waals surface area contributed by atoms with Crippen molar-refractivity contribution in [3.8, 4) is 5.75 Å². The molecule has 0 aliphatic heterocycles. The molecule has 0 unspecified atom stereocenters. The molecule has 1 heterocycles. The van der Waals surface area contributed by atoms with Gasteiger partial charge in [-0.25, -0.2) is 9.18 Å². The third-order valence-electron chi connectivity index (χ3n) is 3.81. The van der Waals surface area contributed by atoms with Crippen molar-refractivity contribution in [2.24, 2.45) is 0 Å². The summed E-state index contributed by atoms with van der Waals surface area (Å²) in [5.41, 5.74) is 2.23. The summed E-state index contributed by atoms with van der Waals surface area (Å²) in [7, 11) is 1.40. The van der Waals surface area contributed by atoms with Gasteiger partial charge < -0.3 is 19.4 Å². The zero-order chi connectivity index (χ0) is 18.6. The standard InChI is InChI=1S/C18H21FN2O4/c1-5-25-18(23)14-8-11(2)21(12(14)3)10-17(22)20-15-7-6-13(19)9-16(15)24-4/h6-9H,5,10H2,1-4H3,(H,20,22). The second-order valence-electron chi connectivity index (χ2n) is 5.48. The number of carbonyl (C=O) groups is 2. The average Bonchev–Trinajstić information content (AvgIpc) is 2.85. The van der Waals surface area contributed by atoms with Crippen molar-refractivity contribution in [2.75, 3.05) is 19.0 Å². The van der Waals surface area contributed by atoms with Crippen molar-refractivity contribution in [1.29, 1.82) is 0 Å². The number of carbonyl (C=O) groups excluding carboxylic acids is 2. The molecule has 134 valence electrons. The number of aromatic nitrogens is 1. The molecule has 25 heavy (non-hydrogen) atoms. The lowest BCUT2D eigenvalue weighted by Gasteiger charge is -2.13. The van der Waals surface area contributed by atoms with Crippen LogP contribution < -0.4 is 10.1 Å². The summed E-state index contributed by atoms with van der Waals surface area (Å²) in [5.74, 6) is -0.947. The minimum atomic E-state index is -0.453. The lowest BCUT2D eigenvalue weighted by molar-refractivity contribution is -0.116. The molecule has 0 saturated heterocycles. The van der Waals surface area contributed by atoms with Crippen LogP contribution in [0.1, 0.15) is 28.7 Å². The van der Waals surface area contributed by atoms with Crippen LogP contribution >= 0.6 is 0 Å². The number of anilines is 1. The highest BCUT2D eigenvalue weighted by Gasteiger charge is 2.18. The first-order valence-corrected chi connectivity index (χ1v) is 7.84. The molecule has 1 amide bonds. The average molecular weight is 348 g/mol. The summed E-state index contributed by atoms with van der Waals surface area (Å²) in [6.45, 7) is 5.60. The Morgan fingerprint density at radius 2 is 1.96 bits per heavy atom. The summed E-state index contributed by atoms with van der Waals surface area (Å²) in [6.07, 6.45) is 0. The van der Waals surface area contributed by atoms with Crippen LogP contribution in [-0.2, 0) is 16.1 Å². The Morgan fingerprint density at radius 1 is 1.24 bits per heavy atom. The first kappa shape index (κ1) is 18.5. The molecule has 0 saturated carbocycles. The third-order valence-corrected chi connectivity index (χ3v) is 3.81. The zero-order valence-electron chi connectivity index (χ0n) is 14.7. The number of amides is 1. The van der Waals surface area contributed by atoms with Gasteiger partial charge in [-0.15, -0.1) is 0 Å². The highest BCUT2D eigenvalue weighted by atomic mass is 19.1. The van der Waals surface area contributed by atoms with Crippen molar-refractivity contribution in [2.45, 2.75) is 27.3 Å². The van der Waals surface area contributed by atoms with E-state index in [9.17, 15) is 14.0 Å². The summed E-state index contributed by atoms with van der Waals surface area (Å²) >= 11 is 0. The van der Waals surface area contributed by atoms with E-state index in [0.29, 0.717) is 16.9 Å². The Morgan fingerprint density at radius 3 is 2.60 bits per heavy atom. The lowest BCUT2D eigenvalue weighted by atomic mass is 10.2. The van der Waals surface area contributed by atoms with E-state index in [-0.39, 0.29) is 24.8 Å². The van der Waals surface area contributed by atoms with E-state index in [2.05, 4.69) is 5.32 Å². The van der Waals surface area contributed by atoms with E-state index in [1.54, 1.807) is 24.5 Å². The van der Waals surface area contributed by atoms with E-state index in [1.165, 1.54) is 25.3 Å². The fraction of sp³-hybridized carbons (Fsp3) is 0.333. The van der Waals surface area contributed by atoms with E-state index >= 15 is 0 Å². The van der Waals surface area contributed by atoms with Gasteiger partial charge in [0.1, 0.15) is 18.1 Å². The maximum atomic E-state index is 13.2. The van der Waals surface area contributed by atoms with E-state index in [1.807, 2.05) is 6.92 Å². The van der Waals surface area contributed by atoms with Crippen molar-refractivity contribution in [1.82, 2.24) is 4.57 Å². The third kappa shape index (κ3) is 4.17. The van der Waals surface area contributed by atoms with Crippen LogP contribution in [0.25, 0.3) is 0 Å². The Balaban J connectivity index is 2.17. The van der Waals surface area contributed by atoms with Gasteiger partial charge in [-0.2, -0.15) is 0 Å². The van der Waals surface area contributed by atoms with Crippen LogP contribution in [0.4, 0.5) is 10.1 Å². The topological polar surface area (TPSA) is 69.6 Å². The van der Waals surface area contributed by atoms with Crippen LogP contribution in [0.2, 0.25) is 0 Å². The number of rotatable bonds is 6. The summed E-state index contributed by atoms with van der Waals surface area (Å²) in [6, 6.07) is 5.56. The van der Waals surface area contributed by atoms with E-state index in [0.717, 1.165) is 5.69 Å². The molecule has 0 aliphatic carbocycles. The molecule has 0 fully saturated rings. The fourth-order valence-corrected chi connectivity index (χ4v) is 2.56. The number of methoxy groups -OCH3 is 1. The van der Waals surface area contributed by atoms with Crippen LogP contribution in [-0.4, -0.2) is 30.2 Å². The first-order valence-electron chi connectivity index (χ1n) is 7.84. The predicted molar refractivity (Wildman–Crippen MR) is 91.4 cm³/mol. The molecule has 0 aliphatic rings. The maximum Gasteiger partial charge on any atom is 0.339 e. The minimum absolute atomic E-state index is 0.0115. The fourth-order valence-electron chi connectivity index (χ4n) is 2.56. The quantitative estimate of drug-likeness (QED) is 0.815. The van der Waals surface area contributed by atoms with E-state index < -0.39 is 11.8 Å². The van der Waals surface area contributed by atoms with Gasteiger partial charge in [-0.1, -0.05) is 0 Å². The van der Waals surface area contributed by atoms with Gasteiger partial charge in [0.2, 0.25) is 5.91 Å². The summed E-state index contributed by atoms with van der Waals surface area (Å²) < 4.78 is 25.0. The lowest BCUT2D eigenvalue weighted by Crippen LogP contribution is -2.21. The molecule has 0 radical (unpaired) electrons. The van der Waals surface area contributed by atoms with Gasteiger partial charge in [0.25, 0.3) is 0 Å². The van der Waals surface area contributed by atoms with Crippen molar-refractivity contribution in [3.05, 3.63) is 47.0 Å². The molecule has 0 atom stereocenters. The molecular weight excluding hydrogens is 327 g/mol. The van der Waals surface area contributed by atoms with Gasteiger partial charge in [-0.3, -0.25) is 4.79 Å².